The lowest BCUT2D eigenvalue weighted by molar-refractivity contribution is -0.123. The highest BCUT2D eigenvalue weighted by atomic mass is 79.9. The molecule has 1 atom stereocenters. The van der Waals surface area contributed by atoms with Crippen LogP contribution in [0, 0.1) is 5.92 Å². The maximum absolute atomic E-state index is 12.1. The zero-order valence-corrected chi connectivity index (χ0v) is 14.8. The predicted molar refractivity (Wildman–Crippen MR) is 89.5 cm³/mol. The van der Waals surface area contributed by atoms with Crippen molar-refractivity contribution in [2.24, 2.45) is 11.7 Å². The van der Waals surface area contributed by atoms with Gasteiger partial charge in [-0.25, -0.2) is 0 Å². The Morgan fingerprint density at radius 2 is 2.14 bits per heavy atom. The van der Waals surface area contributed by atoms with Crippen molar-refractivity contribution in [1.29, 1.82) is 0 Å². The van der Waals surface area contributed by atoms with Crippen LogP contribution >= 0.6 is 15.9 Å². The summed E-state index contributed by atoms with van der Waals surface area (Å²) in [5.41, 5.74) is 6.53. The lowest BCUT2D eigenvalue weighted by atomic mass is 9.88. The van der Waals surface area contributed by atoms with Crippen molar-refractivity contribution >= 4 is 21.8 Å². The second-order valence-electron chi connectivity index (χ2n) is 5.79. The largest absolute Gasteiger partial charge is 0.496 e. The van der Waals surface area contributed by atoms with E-state index in [1.54, 1.807) is 7.11 Å². The average Bonchev–Trinajstić information content (AvgIpc) is 2.44. The number of hydrogen-bond donors (Lipinski definition) is 2. The molecular formula is C16H25BrN2O2. The number of amides is 1. The highest BCUT2D eigenvalue weighted by molar-refractivity contribution is 9.10. The molecule has 0 heterocycles. The standard InChI is InChI=1S/C16H25BrN2O2/c1-11(2)16(3,10-18)19-15(20)8-6-12-5-7-14(21-4)13(17)9-12/h5,7,9,11H,6,8,10,18H2,1-4H3,(H,19,20). The topological polar surface area (TPSA) is 64.3 Å². The lowest BCUT2D eigenvalue weighted by Gasteiger charge is -2.33. The van der Waals surface area contributed by atoms with Gasteiger partial charge in [0, 0.05) is 13.0 Å². The molecule has 0 bridgehead atoms. The molecule has 5 heteroatoms. The first-order valence-electron chi connectivity index (χ1n) is 7.16. The van der Waals surface area contributed by atoms with Crippen LogP contribution in [0.5, 0.6) is 5.75 Å². The quantitative estimate of drug-likeness (QED) is 0.789. The number of methoxy groups -OCH3 is 1. The molecule has 1 rings (SSSR count). The van der Waals surface area contributed by atoms with Gasteiger partial charge in [0.25, 0.3) is 0 Å². The van der Waals surface area contributed by atoms with E-state index in [1.807, 2.05) is 25.1 Å². The lowest BCUT2D eigenvalue weighted by Crippen LogP contribution is -2.55. The third-order valence-electron chi connectivity index (χ3n) is 3.98. The maximum atomic E-state index is 12.1. The first kappa shape index (κ1) is 18.0. The minimum absolute atomic E-state index is 0.0311. The number of rotatable bonds is 7. The maximum Gasteiger partial charge on any atom is 0.220 e. The van der Waals surface area contributed by atoms with Gasteiger partial charge in [0.15, 0.2) is 0 Å². The van der Waals surface area contributed by atoms with Gasteiger partial charge in [0.05, 0.1) is 17.1 Å². The smallest absolute Gasteiger partial charge is 0.220 e. The fraction of sp³-hybridized carbons (Fsp3) is 0.562. The number of nitrogens with two attached hydrogens (primary N) is 1. The van der Waals surface area contributed by atoms with Crippen LogP contribution in [0.3, 0.4) is 0 Å². The van der Waals surface area contributed by atoms with Crippen molar-refractivity contribution < 1.29 is 9.53 Å². The van der Waals surface area contributed by atoms with E-state index >= 15 is 0 Å². The van der Waals surface area contributed by atoms with E-state index in [-0.39, 0.29) is 11.4 Å². The number of aryl methyl sites for hydroxylation is 1. The molecular weight excluding hydrogens is 332 g/mol. The molecule has 0 aliphatic carbocycles. The number of halogens is 1. The average molecular weight is 357 g/mol. The van der Waals surface area contributed by atoms with E-state index in [4.69, 9.17) is 10.5 Å². The van der Waals surface area contributed by atoms with Crippen molar-refractivity contribution in [2.75, 3.05) is 13.7 Å². The van der Waals surface area contributed by atoms with E-state index < -0.39 is 0 Å². The monoisotopic (exact) mass is 356 g/mol. The number of ether oxygens (including phenoxy) is 1. The normalized spacial score (nSPS) is 13.9. The molecule has 0 fully saturated rings. The Bertz CT molecular complexity index is 491. The molecule has 0 aliphatic rings. The van der Waals surface area contributed by atoms with Gasteiger partial charge in [-0.15, -0.1) is 0 Å². The van der Waals surface area contributed by atoms with Gasteiger partial charge in [-0.3, -0.25) is 4.79 Å². The summed E-state index contributed by atoms with van der Waals surface area (Å²) in [6, 6.07) is 5.85. The van der Waals surface area contributed by atoms with Crippen LogP contribution in [0.25, 0.3) is 0 Å². The van der Waals surface area contributed by atoms with E-state index in [0.717, 1.165) is 15.8 Å². The summed E-state index contributed by atoms with van der Waals surface area (Å²) < 4.78 is 6.09. The van der Waals surface area contributed by atoms with Crippen LogP contribution in [-0.4, -0.2) is 25.1 Å². The molecule has 4 nitrogen and oxygen atoms in total. The molecule has 1 aromatic carbocycles. The fourth-order valence-electron chi connectivity index (χ4n) is 1.94. The summed E-state index contributed by atoms with van der Waals surface area (Å²) in [7, 11) is 1.63. The van der Waals surface area contributed by atoms with E-state index in [9.17, 15) is 4.79 Å². The third-order valence-corrected chi connectivity index (χ3v) is 4.60. The number of carbonyl (C=O) groups is 1. The second kappa shape index (κ2) is 7.80. The first-order valence-corrected chi connectivity index (χ1v) is 7.95. The Morgan fingerprint density at radius 3 is 2.62 bits per heavy atom. The summed E-state index contributed by atoms with van der Waals surface area (Å²) in [6.45, 7) is 6.55. The van der Waals surface area contributed by atoms with Crippen molar-refractivity contribution in [3.63, 3.8) is 0 Å². The summed E-state index contributed by atoms with van der Waals surface area (Å²) in [6.07, 6.45) is 1.13. The fourth-order valence-corrected chi connectivity index (χ4v) is 2.52. The molecule has 118 valence electrons. The van der Waals surface area contributed by atoms with E-state index in [2.05, 4.69) is 35.1 Å². The van der Waals surface area contributed by atoms with Crippen molar-refractivity contribution in [1.82, 2.24) is 5.32 Å². The Morgan fingerprint density at radius 1 is 1.48 bits per heavy atom. The summed E-state index contributed by atoms with van der Waals surface area (Å²) in [4.78, 5) is 12.1. The van der Waals surface area contributed by atoms with Gasteiger partial charge in [-0.2, -0.15) is 0 Å². The SMILES string of the molecule is COc1ccc(CCC(=O)NC(C)(CN)C(C)C)cc1Br. The first-order chi connectivity index (χ1) is 9.82. The van der Waals surface area contributed by atoms with Crippen molar-refractivity contribution in [3.05, 3.63) is 28.2 Å². The third kappa shape index (κ3) is 5.00. The molecule has 3 N–H and O–H groups in total. The molecule has 21 heavy (non-hydrogen) atoms. The van der Waals surface area contributed by atoms with Crippen LogP contribution in [0.2, 0.25) is 0 Å². The van der Waals surface area contributed by atoms with Gasteiger partial charge in [0.2, 0.25) is 5.91 Å². The Hall–Kier alpha value is -1.07. The van der Waals surface area contributed by atoms with Crippen molar-refractivity contribution in [2.45, 2.75) is 39.2 Å². The van der Waals surface area contributed by atoms with Gasteiger partial charge in [-0.1, -0.05) is 19.9 Å². The number of hydrogen-bond acceptors (Lipinski definition) is 3. The zero-order valence-electron chi connectivity index (χ0n) is 13.2. The van der Waals surface area contributed by atoms with Gasteiger partial charge >= 0.3 is 0 Å². The molecule has 1 unspecified atom stereocenters. The van der Waals surface area contributed by atoms with Crippen molar-refractivity contribution in [3.8, 4) is 5.75 Å². The molecule has 0 aliphatic heterocycles. The highest BCUT2D eigenvalue weighted by Gasteiger charge is 2.28. The van der Waals surface area contributed by atoms with Crippen LogP contribution < -0.4 is 15.8 Å². The molecule has 0 spiro atoms. The summed E-state index contributed by atoms with van der Waals surface area (Å²) >= 11 is 3.45. The van der Waals surface area contributed by atoms with Crippen LogP contribution in [-0.2, 0) is 11.2 Å². The van der Waals surface area contributed by atoms with Crippen LogP contribution in [0.15, 0.2) is 22.7 Å². The minimum Gasteiger partial charge on any atom is -0.496 e. The number of nitrogens with one attached hydrogen (secondary N) is 1. The van der Waals surface area contributed by atoms with E-state index in [1.165, 1.54) is 0 Å². The Labute approximate surface area is 135 Å². The summed E-state index contributed by atoms with van der Waals surface area (Å²) in [5, 5.41) is 3.05. The highest BCUT2D eigenvalue weighted by Crippen LogP contribution is 2.26. The van der Waals surface area contributed by atoms with Crippen LogP contribution in [0.4, 0.5) is 0 Å². The molecule has 0 aromatic heterocycles. The van der Waals surface area contributed by atoms with Crippen LogP contribution in [0.1, 0.15) is 32.8 Å². The molecule has 0 saturated carbocycles. The molecule has 1 amide bonds. The summed E-state index contributed by atoms with van der Waals surface area (Å²) in [5.74, 6) is 1.11. The van der Waals surface area contributed by atoms with Gasteiger partial charge < -0.3 is 15.8 Å². The molecule has 0 radical (unpaired) electrons. The number of benzene rings is 1. The predicted octanol–water partition coefficient (Wildman–Crippen LogP) is 2.88. The van der Waals surface area contributed by atoms with E-state index in [0.29, 0.717) is 25.3 Å². The minimum atomic E-state index is -0.350. The second-order valence-corrected chi connectivity index (χ2v) is 6.65. The zero-order chi connectivity index (χ0) is 16.0. The number of carbonyl (C=O) groups excluding carboxylic acids is 1. The Kier molecular flexibility index (Phi) is 6.68. The van der Waals surface area contributed by atoms with Gasteiger partial charge in [0.1, 0.15) is 5.75 Å². The molecule has 0 saturated heterocycles. The molecule has 1 aromatic rings. The Balaban J connectivity index is 2.59. The van der Waals surface area contributed by atoms with Gasteiger partial charge in [-0.05, 0) is 52.9 Å².